The zero-order chi connectivity index (χ0) is 22.3. The average Bonchev–Trinajstić information content (AvgIpc) is 3.23. The fraction of sp³-hybridized carbons (Fsp3) is 0.500. The lowest BCUT2D eigenvalue weighted by Crippen LogP contribution is -2.38. The second kappa shape index (κ2) is 7.94. The average molecular weight is 431 g/mol. The topological polar surface area (TPSA) is 107 Å². The van der Waals surface area contributed by atoms with Crippen molar-refractivity contribution in [1.29, 1.82) is 0 Å². The van der Waals surface area contributed by atoms with Gasteiger partial charge in [-0.15, -0.1) is 0 Å². The van der Waals surface area contributed by atoms with Gasteiger partial charge in [-0.3, -0.25) is 9.59 Å². The molecule has 0 aromatic carbocycles. The van der Waals surface area contributed by atoms with Crippen LogP contribution in [0.15, 0.2) is 37.0 Å². The lowest BCUT2D eigenvalue weighted by molar-refractivity contribution is -0.128. The van der Waals surface area contributed by atoms with Crippen LogP contribution in [-0.2, 0) is 11.3 Å². The van der Waals surface area contributed by atoms with Gasteiger partial charge < -0.3 is 16.4 Å². The fourth-order valence-electron chi connectivity index (χ4n) is 5.16. The van der Waals surface area contributed by atoms with E-state index in [1.54, 1.807) is 0 Å². The number of fused-ring (bicyclic) bond motifs is 1. The van der Waals surface area contributed by atoms with Crippen LogP contribution in [0.5, 0.6) is 0 Å². The number of nitrogens with two attached hydrogens (primary N) is 2. The van der Waals surface area contributed by atoms with Crippen molar-refractivity contribution in [3.8, 4) is 0 Å². The number of halogens is 2. The molecule has 1 aromatic rings. The van der Waals surface area contributed by atoms with Crippen LogP contribution < -0.4 is 11.5 Å². The maximum absolute atomic E-state index is 14.0. The number of anilines is 1. The number of nitrogens with zero attached hydrogens (tertiary/aromatic N) is 3. The van der Waals surface area contributed by atoms with Crippen molar-refractivity contribution in [2.45, 2.75) is 50.1 Å². The molecule has 166 valence electrons. The van der Waals surface area contributed by atoms with E-state index in [0.717, 1.165) is 30.2 Å². The van der Waals surface area contributed by atoms with Crippen LogP contribution in [0.25, 0.3) is 0 Å². The first-order valence-corrected chi connectivity index (χ1v) is 10.5. The van der Waals surface area contributed by atoms with Crippen LogP contribution in [-0.4, -0.2) is 45.0 Å². The second-order valence-electron chi connectivity index (χ2n) is 8.68. The van der Waals surface area contributed by atoms with Crippen LogP contribution >= 0.6 is 0 Å². The van der Waals surface area contributed by atoms with Gasteiger partial charge in [0.25, 0.3) is 11.8 Å². The maximum Gasteiger partial charge on any atom is 0.267 e. The van der Waals surface area contributed by atoms with Crippen molar-refractivity contribution in [2.24, 2.45) is 17.6 Å². The van der Waals surface area contributed by atoms with E-state index in [0.29, 0.717) is 17.5 Å². The summed E-state index contributed by atoms with van der Waals surface area (Å²) in [6, 6.07) is -0.807. The molecule has 0 radical (unpaired) electrons. The SMILES string of the molecule is C=CC(=O)N1CC(F)(F)C[C@H]1Cn1nc([C@@H]2CCC3C=CC=CC3C2)c(C(N)=O)c1N. The van der Waals surface area contributed by atoms with Gasteiger partial charge in [-0.2, -0.15) is 5.10 Å². The molecule has 1 saturated carbocycles. The molecule has 2 heterocycles. The highest BCUT2D eigenvalue weighted by Crippen LogP contribution is 2.43. The highest BCUT2D eigenvalue weighted by Gasteiger charge is 2.47. The van der Waals surface area contributed by atoms with Gasteiger partial charge in [-0.05, 0) is 37.2 Å². The van der Waals surface area contributed by atoms with Crippen molar-refractivity contribution < 1.29 is 18.4 Å². The standard InChI is InChI=1S/C22H27F2N5O2/c1-2-17(30)28-12-22(23,24)10-16(28)11-29-20(25)18(21(26)31)19(27-29)15-8-7-13-5-3-4-6-14(13)9-15/h2-6,13-16H,1,7-12,25H2,(H2,26,31)/t13?,14?,15-,16+/m1/s1. The number of likely N-dealkylation sites (tertiary alicyclic amines) is 1. The minimum atomic E-state index is -3.00. The molecule has 1 saturated heterocycles. The smallest absolute Gasteiger partial charge is 0.267 e. The summed E-state index contributed by atoms with van der Waals surface area (Å²) in [7, 11) is 0. The number of amides is 2. The molecule has 2 amide bonds. The minimum absolute atomic E-state index is 0.000575. The van der Waals surface area contributed by atoms with Crippen LogP contribution in [0.2, 0.25) is 0 Å². The molecule has 0 spiro atoms. The lowest BCUT2D eigenvalue weighted by atomic mass is 9.71. The van der Waals surface area contributed by atoms with Gasteiger partial charge in [0.2, 0.25) is 5.91 Å². The number of hydrogen-bond donors (Lipinski definition) is 2. The van der Waals surface area contributed by atoms with Gasteiger partial charge in [0.05, 0.1) is 24.8 Å². The third-order valence-corrected chi connectivity index (χ3v) is 6.65. The maximum atomic E-state index is 14.0. The largest absolute Gasteiger partial charge is 0.383 e. The monoisotopic (exact) mass is 431 g/mol. The van der Waals surface area contributed by atoms with Crippen LogP contribution in [0, 0.1) is 11.8 Å². The number of aromatic nitrogens is 2. The molecule has 4 atom stereocenters. The van der Waals surface area contributed by atoms with Crippen molar-refractivity contribution in [2.75, 3.05) is 12.3 Å². The first-order valence-electron chi connectivity index (χ1n) is 10.5. The molecule has 3 aliphatic rings. The highest BCUT2D eigenvalue weighted by molar-refractivity contribution is 5.98. The first kappa shape index (κ1) is 21.3. The number of nitrogen functional groups attached to an aromatic ring is 1. The number of allylic oxidation sites excluding steroid dienone is 4. The molecule has 2 fully saturated rings. The quantitative estimate of drug-likeness (QED) is 0.699. The normalized spacial score (nSPS) is 29.0. The van der Waals surface area contributed by atoms with E-state index in [1.807, 2.05) is 6.08 Å². The highest BCUT2D eigenvalue weighted by atomic mass is 19.3. The van der Waals surface area contributed by atoms with Gasteiger partial charge in [0.15, 0.2) is 0 Å². The molecule has 1 aliphatic heterocycles. The first-order chi connectivity index (χ1) is 14.7. The molecule has 1 aromatic heterocycles. The summed E-state index contributed by atoms with van der Waals surface area (Å²) >= 11 is 0. The Morgan fingerprint density at radius 1 is 1.26 bits per heavy atom. The van der Waals surface area contributed by atoms with Crippen molar-refractivity contribution in [3.63, 3.8) is 0 Å². The summed E-state index contributed by atoms with van der Waals surface area (Å²) < 4.78 is 29.4. The summed E-state index contributed by atoms with van der Waals surface area (Å²) in [4.78, 5) is 25.4. The molecular weight excluding hydrogens is 404 g/mol. The summed E-state index contributed by atoms with van der Waals surface area (Å²) in [6.07, 6.45) is 11.6. The molecular formula is C22H27F2N5O2. The fourth-order valence-corrected chi connectivity index (χ4v) is 5.16. The zero-order valence-electron chi connectivity index (χ0n) is 17.2. The molecule has 2 aliphatic carbocycles. The number of primary amides is 1. The molecule has 7 nitrogen and oxygen atoms in total. The zero-order valence-corrected chi connectivity index (χ0v) is 17.2. The van der Waals surface area contributed by atoms with Gasteiger partial charge >= 0.3 is 0 Å². The number of hydrogen-bond acceptors (Lipinski definition) is 4. The Labute approximate surface area is 179 Å². The van der Waals surface area contributed by atoms with E-state index in [2.05, 4.69) is 29.9 Å². The van der Waals surface area contributed by atoms with Crippen molar-refractivity contribution in [1.82, 2.24) is 14.7 Å². The van der Waals surface area contributed by atoms with Gasteiger partial charge in [0.1, 0.15) is 11.4 Å². The van der Waals surface area contributed by atoms with Crippen LogP contribution in [0.1, 0.15) is 47.7 Å². The Balaban J connectivity index is 1.62. The molecule has 2 unspecified atom stereocenters. The van der Waals surface area contributed by atoms with Gasteiger partial charge in [-0.25, -0.2) is 13.5 Å². The Morgan fingerprint density at radius 3 is 2.65 bits per heavy atom. The number of rotatable bonds is 5. The summed E-state index contributed by atoms with van der Waals surface area (Å²) in [6.45, 7) is 2.68. The summed E-state index contributed by atoms with van der Waals surface area (Å²) in [5.41, 5.74) is 12.5. The molecule has 31 heavy (non-hydrogen) atoms. The minimum Gasteiger partial charge on any atom is -0.383 e. The number of carbonyl (C=O) groups is 2. The Bertz CT molecular complexity index is 967. The Kier molecular flexibility index (Phi) is 5.45. The predicted molar refractivity (Wildman–Crippen MR) is 112 cm³/mol. The van der Waals surface area contributed by atoms with Gasteiger partial charge in [-0.1, -0.05) is 30.9 Å². The Morgan fingerprint density at radius 2 is 1.97 bits per heavy atom. The molecule has 4 N–H and O–H groups in total. The predicted octanol–water partition coefficient (Wildman–Crippen LogP) is 2.61. The van der Waals surface area contributed by atoms with E-state index in [9.17, 15) is 18.4 Å². The van der Waals surface area contributed by atoms with Crippen molar-refractivity contribution >= 4 is 17.6 Å². The van der Waals surface area contributed by atoms with Gasteiger partial charge in [0, 0.05) is 12.3 Å². The third kappa shape index (κ3) is 4.00. The van der Waals surface area contributed by atoms with Crippen LogP contribution in [0.4, 0.5) is 14.6 Å². The van der Waals surface area contributed by atoms with E-state index >= 15 is 0 Å². The van der Waals surface area contributed by atoms with E-state index in [4.69, 9.17) is 11.5 Å². The number of alkyl halides is 2. The molecule has 4 rings (SSSR count). The lowest BCUT2D eigenvalue weighted by Gasteiger charge is -2.33. The van der Waals surface area contributed by atoms with E-state index < -0.39 is 36.7 Å². The van der Waals surface area contributed by atoms with E-state index in [1.165, 1.54) is 4.68 Å². The van der Waals surface area contributed by atoms with E-state index in [-0.39, 0.29) is 23.8 Å². The van der Waals surface area contributed by atoms with Crippen molar-refractivity contribution in [3.05, 3.63) is 48.2 Å². The summed E-state index contributed by atoms with van der Waals surface area (Å²) in [5, 5.41) is 4.56. The third-order valence-electron chi connectivity index (χ3n) is 6.65. The molecule has 9 heteroatoms. The van der Waals surface area contributed by atoms with Crippen LogP contribution in [0.3, 0.4) is 0 Å². The number of carbonyl (C=O) groups excluding carboxylic acids is 2. The molecule has 0 bridgehead atoms. The summed E-state index contributed by atoms with van der Waals surface area (Å²) in [5.74, 6) is -3.37. The second-order valence-corrected chi connectivity index (χ2v) is 8.68. The Hall–Kier alpha value is -2.97.